The van der Waals surface area contributed by atoms with Crippen LogP contribution in [0.4, 0.5) is 0 Å². The van der Waals surface area contributed by atoms with Gasteiger partial charge in [-0.25, -0.2) is 4.79 Å². The molecule has 5 heteroatoms. The minimum Gasteiger partial charge on any atom is -0.494 e. The van der Waals surface area contributed by atoms with Crippen molar-refractivity contribution in [1.29, 1.82) is 5.26 Å². The number of benzene rings is 3. The summed E-state index contributed by atoms with van der Waals surface area (Å²) in [4.78, 5) is 12.4. The summed E-state index contributed by atoms with van der Waals surface area (Å²) in [7, 11) is 0. The number of unbranched alkanes of at least 4 members (excludes halogenated alkanes) is 4. The third-order valence-electron chi connectivity index (χ3n) is 5.13. The molecule has 0 atom stereocenters. The summed E-state index contributed by atoms with van der Waals surface area (Å²) in [5.74, 6) is 1.45. The molecule has 0 saturated heterocycles. The van der Waals surface area contributed by atoms with E-state index in [0.29, 0.717) is 35.8 Å². The monoisotopic (exact) mass is 443 g/mol. The van der Waals surface area contributed by atoms with Crippen molar-refractivity contribution in [3.8, 4) is 23.3 Å². The van der Waals surface area contributed by atoms with Gasteiger partial charge in [0.1, 0.15) is 23.9 Å². The Morgan fingerprint density at radius 1 is 0.758 bits per heavy atom. The first-order valence-electron chi connectivity index (χ1n) is 11.3. The first-order chi connectivity index (χ1) is 16.2. The molecular weight excluding hydrogens is 414 g/mol. The lowest BCUT2D eigenvalue weighted by molar-refractivity contribution is 0.0734. The van der Waals surface area contributed by atoms with Gasteiger partial charge < -0.3 is 14.2 Å². The molecule has 0 amide bonds. The van der Waals surface area contributed by atoms with E-state index >= 15 is 0 Å². The number of nitrogens with zero attached hydrogens (tertiary/aromatic N) is 1. The number of ether oxygens (including phenoxy) is 3. The van der Waals surface area contributed by atoms with Gasteiger partial charge in [0.2, 0.25) is 0 Å². The van der Waals surface area contributed by atoms with Crippen molar-refractivity contribution >= 4 is 5.97 Å². The molecule has 5 nitrogen and oxygen atoms in total. The normalized spacial score (nSPS) is 10.3. The van der Waals surface area contributed by atoms with Gasteiger partial charge in [0.25, 0.3) is 0 Å². The lowest BCUT2D eigenvalue weighted by Gasteiger charge is -2.09. The van der Waals surface area contributed by atoms with Crippen molar-refractivity contribution < 1.29 is 19.0 Å². The van der Waals surface area contributed by atoms with Crippen LogP contribution in [0.25, 0.3) is 0 Å². The number of hydrogen-bond acceptors (Lipinski definition) is 5. The standard InChI is InChI=1S/C28H29NO4/c1-2-3-4-5-6-19-31-25-15-17-27(18-16-25)33-28(30)24-11-13-26(14-12-24)32-21-23-9-7-22(20-29)8-10-23/h7-18H,2-6,19,21H2,1H3. The molecule has 0 saturated carbocycles. The third kappa shape index (κ3) is 8.01. The second-order valence-electron chi connectivity index (χ2n) is 7.75. The van der Waals surface area contributed by atoms with Crippen molar-refractivity contribution in [3.05, 3.63) is 89.5 Å². The zero-order valence-electron chi connectivity index (χ0n) is 19.0. The zero-order valence-corrected chi connectivity index (χ0v) is 19.0. The Kier molecular flexibility index (Phi) is 9.35. The number of rotatable bonds is 12. The predicted octanol–water partition coefficient (Wildman–Crippen LogP) is 6.71. The van der Waals surface area contributed by atoms with Gasteiger partial charge in [-0.3, -0.25) is 0 Å². The molecule has 0 aromatic heterocycles. The molecular formula is C28H29NO4. The smallest absolute Gasteiger partial charge is 0.343 e. The largest absolute Gasteiger partial charge is 0.494 e. The summed E-state index contributed by atoms with van der Waals surface area (Å²) < 4.78 is 16.9. The molecule has 0 aliphatic carbocycles. The van der Waals surface area contributed by atoms with E-state index in [-0.39, 0.29) is 0 Å². The highest BCUT2D eigenvalue weighted by Gasteiger charge is 2.09. The second kappa shape index (κ2) is 12.9. The van der Waals surface area contributed by atoms with Gasteiger partial charge in [0.05, 0.1) is 23.8 Å². The quantitative estimate of drug-likeness (QED) is 0.177. The van der Waals surface area contributed by atoms with E-state index in [1.807, 2.05) is 24.3 Å². The summed E-state index contributed by atoms with van der Waals surface area (Å²) >= 11 is 0. The highest BCUT2D eigenvalue weighted by atomic mass is 16.5. The molecule has 0 fully saturated rings. The van der Waals surface area contributed by atoms with Crippen molar-refractivity contribution in [2.45, 2.75) is 45.6 Å². The molecule has 0 aliphatic rings. The molecule has 0 spiro atoms. The number of esters is 1. The molecule has 0 bridgehead atoms. The van der Waals surface area contributed by atoms with Gasteiger partial charge in [0.15, 0.2) is 0 Å². The molecule has 3 rings (SSSR count). The minimum atomic E-state index is -0.432. The maximum absolute atomic E-state index is 12.4. The summed E-state index contributed by atoms with van der Waals surface area (Å²) in [6.45, 7) is 3.28. The van der Waals surface area contributed by atoms with E-state index in [1.165, 1.54) is 25.7 Å². The van der Waals surface area contributed by atoms with Crippen LogP contribution < -0.4 is 14.2 Å². The molecule has 0 aliphatic heterocycles. The minimum absolute atomic E-state index is 0.378. The summed E-state index contributed by atoms with van der Waals surface area (Å²) in [6.07, 6.45) is 5.99. The fourth-order valence-electron chi connectivity index (χ4n) is 3.19. The Balaban J connectivity index is 1.43. The average Bonchev–Trinajstić information content (AvgIpc) is 2.86. The fourth-order valence-corrected chi connectivity index (χ4v) is 3.19. The van der Waals surface area contributed by atoms with Crippen LogP contribution >= 0.6 is 0 Å². The van der Waals surface area contributed by atoms with Gasteiger partial charge in [0, 0.05) is 0 Å². The zero-order chi connectivity index (χ0) is 23.3. The SMILES string of the molecule is CCCCCCCOc1ccc(OC(=O)c2ccc(OCc3ccc(C#N)cc3)cc2)cc1. The number of nitriles is 1. The molecule has 3 aromatic rings. The molecule has 0 heterocycles. The summed E-state index contributed by atoms with van der Waals surface area (Å²) in [6, 6.07) is 23.2. The molecule has 0 N–H and O–H groups in total. The lowest BCUT2D eigenvalue weighted by Crippen LogP contribution is -2.08. The van der Waals surface area contributed by atoms with Gasteiger partial charge in [-0.2, -0.15) is 5.26 Å². The first-order valence-corrected chi connectivity index (χ1v) is 11.3. The molecule has 0 radical (unpaired) electrons. The van der Waals surface area contributed by atoms with E-state index in [1.54, 1.807) is 48.5 Å². The van der Waals surface area contributed by atoms with Gasteiger partial charge in [-0.05, 0) is 72.6 Å². The highest BCUT2D eigenvalue weighted by molar-refractivity contribution is 5.91. The van der Waals surface area contributed by atoms with Crippen molar-refractivity contribution in [3.63, 3.8) is 0 Å². The van der Waals surface area contributed by atoms with Crippen LogP contribution in [0.3, 0.4) is 0 Å². The van der Waals surface area contributed by atoms with Gasteiger partial charge in [-0.15, -0.1) is 0 Å². The van der Waals surface area contributed by atoms with E-state index in [9.17, 15) is 4.79 Å². The van der Waals surface area contributed by atoms with Crippen molar-refractivity contribution in [2.75, 3.05) is 6.61 Å². The Morgan fingerprint density at radius 3 is 2.03 bits per heavy atom. The van der Waals surface area contributed by atoms with Crippen LogP contribution in [0.5, 0.6) is 17.2 Å². The third-order valence-corrected chi connectivity index (χ3v) is 5.13. The van der Waals surface area contributed by atoms with Crippen LogP contribution in [0.1, 0.15) is 60.5 Å². The maximum atomic E-state index is 12.4. The van der Waals surface area contributed by atoms with Crippen LogP contribution in [-0.4, -0.2) is 12.6 Å². The van der Waals surface area contributed by atoms with Crippen LogP contribution in [0.2, 0.25) is 0 Å². The second-order valence-corrected chi connectivity index (χ2v) is 7.75. The molecule has 170 valence electrons. The Labute approximate surface area is 195 Å². The maximum Gasteiger partial charge on any atom is 0.343 e. The first kappa shape index (κ1) is 23.9. The Hall–Kier alpha value is -3.78. The van der Waals surface area contributed by atoms with Gasteiger partial charge >= 0.3 is 5.97 Å². The number of hydrogen-bond donors (Lipinski definition) is 0. The summed E-state index contributed by atoms with van der Waals surface area (Å²) in [5.41, 5.74) is 2.01. The van der Waals surface area contributed by atoms with E-state index in [0.717, 1.165) is 17.7 Å². The van der Waals surface area contributed by atoms with E-state index in [2.05, 4.69) is 13.0 Å². The average molecular weight is 444 g/mol. The van der Waals surface area contributed by atoms with E-state index < -0.39 is 5.97 Å². The van der Waals surface area contributed by atoms with Crippen LogP contribution in [0.15, 0.2) is 72.8 Å². The summed E-state index contributed by atoms with van der Waals surface area (Å²) in [5, 5.41) is 8.85. The highest BCUT2D eigenvalue weighted by Crippen LogP contribution is 2.20. The molecule has 0 unspecified atom stereocenters. The van der Waals surface area contributed by atoms with Crippen LogP contribution in [-0.2, 0) is 6.61 Å². The van der Waals surface area contributed by atoms with Gasteiger partial charge in [-0.1, -0.05) is 44.7 Å². The number of carbonyl (C=O) groups excluding carboxylic acids is 1. The lowest BCUT2D eigenvalue weighted by atomic mass is 10.1. The predicted molar refractivity (Wildman–Crippen MR) is 128 cm³/mol. The fraction of sp³-hybridized carbons (Fsp3) is 0.286. The Morgan fingerprint density at radius 2 is 1.36 bits per heavy atom. The number of carbonyl (C=O) groups is 1. The van der Waals surface area contributed by atoms with Crippen molar-refractivity contribution in [2.24, 2.45) is 0 Å². The van der Waals surface area contributed by atoms with Crippen LogP contribution in [0, 0.1) is 11.3 Å². The molecule has 33 heavy (non-hydrogen) atoms. The molecule has 3 aromatic carbocycles. The Bertz CT molecular complexity index is 1040. The van der Waals surface area contributed by atoms with E-state index in [4.69, 9.17) is 19.5 Å². The van der Waals surface area contributed by atoms with Crippen molar-refractivity contribution in [1.82, 2.24) is 0 Å². The topological polar surface area (TPSA) is 68.6 Å².